The van der Waals surface area contributed by atoms with Crippen molar-refractivity contribution in [3.8, 4) is 0 Å². The molecule has 0 spiro atoms. The molecule has 1 fully saturated rings. The molecule has 4 N–H and O–H groups in total. The zero-order valence-corrected chi connectivity index (χ0v) is 12.4. The zero-order valence-electron chi connectivity index (χ0n) is 12.4. The van der Waals surface area contributed by atoms with Gasteiger partial charge in [-0.05, 0) is 6.92 Å². The SMILES string of the molecule is CCNC(=O)C1COCCN1c1cc(NN)nc(CC)n1. The van der Waals surface area contributed by atoms with E-state index < -0.39 is 0 Å². The Morgan fingerprint density at radius 1 is 1.52 bits per heavy atom. The van der Waals surface area contributed by atoms with E-state index in [2.05, 4.69) is 20.7 Å². The highest BCUT2D eigenvalue weighted by Gasteiger charge is 2.30. The van der Waals surface area contributed by atoms with Crippen LogP contribution < -0.4 is 21.5 Å². The number of nitrogens with one attached hydrogen (secondary N) is 2. The molecule has 21 heavy (non-hydrogen) atoms. The molecule has 1 amide bonds. The fourth-order valence-corrected chi connectivity index (χ4v) is 2.25. The number of hydrogen-bond donors (Lipinski definition) is 3. The number of nitrogens with zero attached hydrogens (tertiary/aromatic N) is 3. The van der Waals surface area contributed by atoms with Crippen molar-refractivity contribution in [3.05, 3.63) is 11.9 Å². The number of carbonyl (C=O) groups is 1. The van der Waals surface area contributed by atoms with Crippen molar-refractivity contribution in [3.63, 3.8) is 0 Å². The molecule has 0 aliphatic carbocycles. The van der Waals surface area contributed by atoms with Crippen LogP contribution in [0.5, 0.6) is 0 Å². The first-order valence-corrected chi connectivity index (χ1v) is 7.16. The van der Waals surface area contributed by atoms with Gasteiger partial charge < -0.3 is 20.4 Å². The van der Waals surface area contributed by atoms with Gasteiger partial charge in [0, 0.05) is 25.6 Å². The van der Waals surface area contributed by atoms with E-state index >= 15 is 0 Å². The van der Waals surface area contributed by atoms with E-state index in [1.165, 1.54) is 0 Å². The van der Waals surface area contributed by atoms with E-state index in [-0.39, 0.29) is 11.9 Å². The number of carbonyl (C=O) groups excluding carboxylic acids is 1. The van der Waals surface area contributed by atoms with E-state index in [1.807, 2.05) is 18.7 Å². The maximum atomic E-state index is 12.2. The molecule has 2 rings (SSSR count). The molecule has 1 aromatic rings. The van der Waals surface area contributed by atoms with E-state index in [1.54, 1.807) is 6.07 Å². The summed E-state index contributed by atoms with van der Waals surface area (Å²) >= 11 is 0. The maximum Gasteiger partial charge on any atom is 0.245 e. The lowest BCUT2D eigenvalue weighted by molar-refractivity contribution is -0.124. The Balaban J connectivity index is 2.30. The number of amides is 1. The molecule has 116 valence electrons. The van der Waals surface area contributed by atoms with Crippen LogP contribution >= 0.6 is 0 Å². The number of aryl methyl sites for hydroxylation is 1. The summed E-state index contributed by atoms with van der Waals surface area (Å²) in [5.41, 5.74) is 2.54. The highest BCUT2D eigenvalue weighted by atomic mass is 16.5. The van der Waals surface area contributed by atoms with Crippen molar-refractivity contribution in [2.45, 2.75) is 26.3 Å². The molecule has 1 unspecified atom stereocenters. The Bertz CT molecular complexity index is 473. The standard InChI is InChI=1S/C13H22N6O2/c1-3-10-16-11(18-14)7-12(17-10)19-5-6-21-8-9(19)13(20)15-4-2/h7,9H,3-6,8,14H2,1-2H3,(H,15,20)(H,16,17,18). The summed E-state index contributed by atoms with van der Waals surface area (Å²) in [6.45, 7) is 5.96. The minimum absolute atomic E-state index is 0.0591. The van der Waals surface area contributed by atoms with Crippen molar-refractivity contribution < 1.29 is 9.53 Å². The van der Waals surface area contributed by atoms with Crippen molar-refractivity contribution in [1.82, 2.24) is 15.3 Å². The van der Waals surface area contributed by atoms with E-state index in [0.29, 0.717) is 50.2 Å². The van der Waals surface area contributed by atoms with Crippen molar-refractivity contribution in [2.75, 3.05) is 36.6 Å². The first-order chi connectivity index (χ1) is 10.2. The predicted octanol–water partition coefficient (Wildman–Crippen LogP) is -0.334. The molecule has 8 nitrogen and oxygen atoms in total. The van der Waals surface area contributed by atoms with Crippen molar-refractivity contribution in [2.24, 2.45) is 5.84 Å². The lowest BCUT2D eigenvalue weighted by Gasteiger charge is -2.35. The molecule has 0 saturated carbocycles. The van der Waals surface area contributed by atoms with Crippen LogP contribution in [0.4, 0.5) is 11.6 Å². The van der Waals surface area contributed by atoms with E-state index in [9.17, 15) is 4.79 Å². The van der Waals surface area contributed by atoms with Gasteiger partial charge >= 0.3 is 0 Å². The highest BCUT2D eigenvalue weighted by Crippen LogP contribution is 2.20. The van der Waals surface area contributed by atoms with Gasteiger partial charge in [0.25, 0.3) is 0 Å². The Kier molecular flexibility index (Phi) is 5.29. The minimum atomic E-state index is -0.385. The summed E-state index contributed by atoms with van der Waals surface area (Å²) in [6, 6.07) is 1.36. The quantitative estimate of drug-likeness (QED) is 0.504. The number of hydrazine groups is 1. The maximum absolute atomic E-state index is 12.2. The predicted molar refractivity (Wildman–Crippen MR) is 79.9 cm³/mol. The number of anilines is 2. The van der Waals surface area contributed by atoms with Gasteiger partial charge in [0.15, 0.2) is 0 Å². The van der Waals surface area contributed by atoms with Gasteiger partial charge in [0.2, 0.25) is 5.91 Å². The number of aromatic nitrogens is 2. The molecule has 0 aromatic carbocycles. The molecule has 1 atom stereocenters. The third kappa shape index (κ3) is 3.59. The van der Waals surface area contributed by atoms with Crippen LogP contribution in [0.1, 0.15) is 19.7 Å². The summed E-state index contributed by atoms with van der Waals surface area (Å²) < 4.78 is 5.43. The van der Waals surface area contributed by atoms with E-state index in [4.69, 9.17) is 10.6 Å². The van der Waals surface area contributed by atoms with Crippen LogP contribution in [-0.4, -0.2) is 48.2 Å². The van der Waals surface area contributed by atoms with Gasteiger partial charge in [-0.1, -0.05) is 6.92 Å². The number of nitrogen functional groups attached to an aromatic ring is 1. The molecular formula is C13H22N6O2. The van der Waals surface area contributed by atoms with Crippen LogP contribution in [0.15, 0.2) is 6.07 Å². The van der Waals surface area contributed by atoms with Crippen LogP contribution in [0, 0.1) is 0 Å². The first kappa shape index (κ1) is 15.5. The fourth-order valence-electron chi connectivity index (χ4n) is 2.25. The molecule has 1 aromatic heterocycles. The topological polar surface area (TPSA) is 105 Å². The summed E-state index contributed by atoms with van der Waals surface area (Å²) in [7, 11) is 0. The summed E-state index contributed by atoms with van der Waals surface area (Å²) in [6.07, 6.45) is 0.693. The molecule has 0 bridgehead atoms. The second-order valence-corrected chi connectivity index (χ2v) is 4.70. The van der Waals surface area contributed by atoms with Crippen LogP contribution in [0.2, 0.25) is 0 Å². The van der Waals surface area contributed by atoms with Gasteiger partial charge in [0.05, 0.1) is 13.2 Å². The fraction of sp³-hybridized carbons (Fsp3) is 0.615. The Labute approximate surface area is 124 Å². The Morgan fingerprint density at radius 3 is 3.00 bits per heavy atom. The van der Waals surface area contributed by atoms with Gasteiger partial charge in [-0.3, -0.25) is 4.79 Å². The number of hydrogen-bond acceptors (Lipinski definition) is 7. The average molecular weight is 294 g/mol. The number of nitrogens with two attached hydrogens (primary N) is 1. The Hall–Kier alpha value is -1.93. The zero-order chi connectivity index (χ0) is 15.2. The third-order valence-electron chi connectivity index (χ3n) is 3.30. The van der Waals surface area contributed by atoms with Gasteiger partial charge in [0.1, 0.15) is 23.5 Å². The molecule has 8 heteroatoms. The highest BCUT2D eigenvalue weighted by molar-refractivity contribution is 5.85. The number of ether oxygens (including phenoxy) is 1. The third-order valence-corrected chi connectivity index (χ3v) is 3.30. The van der Waals surface area contributed by atoms with Crippen LogP contribution in [0.25, 0.3) is 0 Å². The Morgan fingerprint density at radius 2 is 2.33 bits per heavy atom. The second-order valence-electron chi connectivity index (χ2n) is 4.70. The van der Waals surface area contributed by atoms with Crippen molar-refractivity contribution >= 4 is 17.5 Å². The lowest BCUT2D eigenvalue weighted by Crippen LogP contribution is -2.54. The lowest BCUT2D eigenvalue weighted by atomic mass is 10.2. The summed E-state index contributed by atoms with van der Waals surface area (Å²) in [5, 5.41) is 2.83. The van der Waals surface area contributed by atoms with Crippen LogP contribution in [-0.2, 0) is 16.0 Å². The summed E-state index contributed by atoms with van der Waals surface area (Å²) in [4.78, 5) is 22.9. The number of likely N-dealkylation sites (N-methyl/N-ethyl adjacent to an activating group) is 1. The second kappa shape index (κ2) is 7.19. The van der Waals surface area contributed by atoms with Gasteiger partial charge in [-0.2, -0.15) is 0 Å². The normalized spacial score (nSPS) is 18.4. The number of morpholine rings is 1. The molecule has 0 radical (unpaired) electrons. The minimum Gasteiger partial charge on any atom is -0.377 e. The molecule has 1 aliphatic rings. The van der Waals surface area contributed by atoms with Crippen LogP contribution in [0.3, 0.4) is 0 Å². The first-order valence-electron chi connectivity index (χ1n) is 7.16. The van der Waals surface area contributed by atoms with E-state index in [0.717, 1.165) is 0 Å². The smallest absolute Gasteiger partial charge is 0.245 e. The summed E-state index contributed by atoms with van der Waals surface area (Å²) in [5.74, 6) is 7.30. The van der Waals surface area contributed by atoms with Gasteiger partial charge in [-0.15, -0.1) is 0 Å². The monoisotopic (exact) mass is 294 g/mol. The largest absolute Gasteiger partial charge is 0.377 e. The van der Waals surface area contributed by atoms with Crippen molar-refractivity contribution in [1.29, 1.82) is 0 Å². The average Bonchev–Trinajstić information content (AvgIpc) is 2.54. The van der Waals surface area contributed by atoms with Gasteiger partial charge in [-0.25, -0.2) is 15.8 Å². The molecular weight excluding hydrogens is 272 g/mol. The molecule has 2 heterocycles. The molecule has 1 saturated heterocycles. The molecule has 1 aliphatic heterocycles. The number of rotatable bonds is 5.